The van der Waals surface area contributed by atoms with Crippen LogP contribution in [0.15, 0.2) is 191 Å². The fraction of sp³-hybridized carbons (Fsp3) is 0.344. The van der Waals surface area contributed by atoms with Gasteiger partial charge in [-0.25, -0.2) is 0 Å². The van der Waals surface area contributed by atoms with Crippen LogP contribution in [-0.4, -0.2) is 6.04 Å². The number of para-hydroxylation sites is 1. The van der Waals surface area contributed by atoms with Crippen LogP contribution in [0.1, 0.15) is 98.1 Å². The summed E-state index contributed by atoms with van der Waals surface area (Å²) in [6, 6.07) is 14.8. The summed E-state index contributed by atoms with van der Waals surface area (Å²) in [5.41, 5.74) is 12.4. The Balaban J connectivity index is 0.891. The van der Waals surface area contributed by atoms with Crippen molar-refractivity contribution in [3.8, 4) is 0 Å². The fourth-order valence-corrected chi connectivity index (χ4v) is 14.7. The van der Waals surface area contributed by atoms with Crippen molar-refractivity contribution in [3.05, 3.63) is 215 Å². The van der Waals surface area contributed by atoms with Crippen LogP contribution in [0, 0.1) is 47.3 Å². The van der Waals surface area contributed by atoms with Crippen molar-refractivity contribution < 1.29 is 4.42 Å². The summed E-state index contributed by atoms with van der Waals surface area (Å²) in [7, 11) is 0. The predicted octanol–water partition coefficient (Wildman–Crippen LogP) is 15.0. The fourth-order valence-electron chi connectivity index (χ4n) is 14.7. The summed E-state index contributed by atoms with van der Waals surface area (Å²) in [6.45, 7) is 4.80. The normalized spacial score (nSPS) is 37.0. The monoisotopic (exact) mass is 821 g/mol. The maximum atomic E-state index is 7.23. The topological polar surface area (TPSA) is 16.4 Å². The maximum Gasteiger partial charge on any atom is 0.158 e. The minimum Gasteiger partial charge on any atom is -0.458 e. The van der Waals surface area contributed by atoms with Gasteiger partial charge in [0.15, 0.2) is 5.58 Å². The van der Waals surface area contributed by atoms with E-state index >= 15 is 0 Å². The predicted molar refractivity (Wildman–Crippen MR) is 261 cm³/mol. The number of allylic oxidation sites excluding steroid dienone is 23. The molecule has 0 radical (unpaired) electrons. The summed E-state index contributed by atoms with van der Waals surface area (Å²) in [5.74, 6) is 6.66. The standard InChI is InChI=1S/C61H59NO/c1-38-25-34-56-53(35-38)48-18-8-10-23-55(48)61(56)54-22-9-7-17-47(54)49-33-29-43(37-57(49)61)41-26-30-44(31-27-41)62(45-32-28-40-14-4-5-15-42(40)36-45)58-24-12-21-52-51-20-11-19-50(59(51)63-60(52)58)46-16-6-3-13-39(46)2/h3-12,14-18,20-26,29-30,32-34,36-41,44,47-48,50,53-56H,13,19,27-28,31,35H2,1-2H3/t38?,39?,40?,41?,44?,47?,48?,50?,53?,54?,55?,56-,61?/m1/s1. The molecule has 314 valence electrons. The van der Waals surface area contributed by atoms with E-state index in [0.29, 0.717) is 59.2 Å². The first kappa shape index (κ1) is 37.9. The molecule has 1 spiro atoms. The van der Waals surface area contributed by atoms with Crippen molar-refractivity contribution in [2.45, 2.75) is 81.6 Å². The lowest BCUT2D eigenvalue weighted by Gasteiger charge is -2.44. The Kier molecular flexibility index (Phi) is 8.86. The van der Waals surface area contributed by atoms with Gasteiger partial charge >= 0.3 is 0 Å². The van der Waals surface area contributed by atoms with E-state index in [1.165, 1.54) is 45.5 Å². The molecule has 1 heterocycles. The number of rotatable bonds is 5. The van der Waals surface area contributed by atoms with Gasteiger partial charge in [0, 0.05) is 45.7 Å². The van der Waals surface area contributed by atoms with Crippen molar-refractivity contribution in [2.24, 2.45) is 47.3 Å². The van der Waals surface area contributed by atoms with Crippen molar-refractivity contribution in [1.82, 2.24) is 0 Å². The first-order valence-corrected chi connectivity index (χ1v) is 24.4. The summed E-state index contributed by atoms with van der Waals surface area (Å²) < 4.78 is 7.23. The van der Waals surface area contributed by atoms with E-state index < -0.39 is 0 Å². The number of hydrogen-bond donors (Lipinski definition) is 0. The van der Waals surface area contributed by atoms with Crippen LogP contribution < -0.4 is 4.90 Å². The third kappa shape index (κ3) is 5.68. The summed E-state index contributed by atoms with van der Waals surface area (Å²) in [5, 5.41) is 1.23. The van der Waals surface area contributed by atoms with Gasteiger partial charge in [0.05, 0.1) is 11.7 Å². The second-order valence-electron chi connectivity index (χ2n) is 20.6. The second-order valence-corrected chi connectivity index (χ2v) is 20.6. The Morgan fingerprint density at radius 1 is 0.714 bits per heavy atom. The molecule has 3 aromatic rings. The van der Waals surface area contributed by atoms with Gasteiger partial charge in [0.1, 0.15) is 5.76 Å². The molecular weight excluding hydrogens is 763 g/mol. The van der Waals surface area contributed by atoms with E-state index in [-0.39, 0.29) is 17.4 Å². The molecule has 10 aliphatic rings. The van der Waals surface area contributed by atoms with Gasteiger partial charge in [0.25, 0.3) is 0 Å². The third-order valence-corrected chi connectivity index (χ3v) is 17.4. The van der Waals surface area contributed by atoms with Crippen molar-refractivity contribution in [3.63, 3.8) is 0 Å². The van der Waals surface area contributed by atoms with Crippen LogP contribution in [0.5, 0.6) is 0 Å². The highest BCUT2D eigenvalue weighted by Crippen LogP contribution is 2.70. The first-order valence-electron chi connectivity index (χ1n) is 24.4. The maximum absolute atomic E-state index is 7.23. The van der Waals surface area contributed by atoms with Gasteiger partial charge in [-0.1, -0.05) is 183 Å². The molecule has 2 heteroatoms. The highest BCUT2D eigenvalue weighted by molar-refractivity contribution is 5.98. The number of furan rings is 1. The Bertz CT molecular complexity index is 2810. The Hall–Kier alpha value is -5.60. The van der Waals surface area contributed by atoms with Crippen LogP contribution in [0.4, 0.5) is 5.69 Å². The minimum absolute atomic E-state index is 0.0706. The lowest BCUT2D eigenvalue weighted by molar-refractivity contribution is 0.211. The highest BCUT2D eigenvalue weighted by atomic mass is 16.3. The average Bonchev–Trinajstić information content (AvgIpc) is 3.96. The molecule has 2 aromatic carbocycles. The molecule has 0 aliphatic heterocycles. The molecule has 63 heavy (non-hydrogen) atoms. The molecule has 13 atom stereocenters. The molecule has 0 N–H and O–H groups in total. The molecule has 1 saturated carbocycles. The molecule has 1 aromatic heterocycles. The van der Waals surface area contributed by atoms with Gasteiger partial charge < -0.3 is 9.32 Å². The molecule has 2 nitrogen and oxygen atoms in total. The Morgan fingerprint density at radius 3 is 2.51 bits per heavy atom. The zero-order valence-corrected chi connectivity index (χ0v) is 36.8. The van der Waals surface area contributed by atoms with E-state index in [1.807, 2.05) is 0 Å². The number of benzene rings is 2. The van der Waals surface area contributed by atoms with Gasteiger partial charge in [-0.05, 0) is 114 Å². The Labute approximate surface area is 374 Å². The highest BCUT2D eigenvalue weighted by Gasteiger charge is 2.66. The lowest BCUT2D eigenvalue weighted by atomic mass is 9.58. The van der Waals surface area contributed by atoms with E-state index in [9.17, 15) is 0 Å². The summed E-state index contributed by atoms with van der Waals surface area (Å²) in [4.78, 5) is 2.64. The third-order valence-electron chi connectivity index (χ3n) is 17.4. The number of anilines is 1. The quantitative estimate of drug-likeness (QED) is 0.238. The summed E-state index contributed by atoms with van der Waals surface area (Å²) >= 11 is 0. The second kappa shape index (κ2) is 14.7. The zero-order valence-electron chi connectivity index (χ0n) is 36.8. The number of hydrogen-bond acceptors (Lipinski definition) is 2. The largest absolute Gasteiger partial charge is 0.458 e. The van der Waals surface area contributed by atoms with Crippen LogP contribution in [-0.2, 0) is 5.41 Å². The summed E-state index contributed by atoms with van der Waals surface area (Å²) in [6.07, 6.45) is 62.2. The molecule has 0 amide bonds. The SMILES string of the molecule is CC1C=C[C@@H]2C(C1)C1C=CC=CC1C21c2cc(C3C=CC(N(C4=CCC5C=CC=CC5=C4)c4cccc5c6c(oc45)C(C4=CC=CCC4C)CC=C6)CC3)ccc2C2C=CC=CC21. The van der Waals surface area contributed by atoms with Crippen LogP contribution in [0.3, 0.4) is 0 Å². The number of fused-ring (bicyclic) bond motifs is 14. The molecule has 0 bridgehead atoms. The van der Waals surface area contributed by atoms with Crippen molar-refractivity contribution in [1.29, 1.82) is 0 Å². The van der Waals surface area contributed by atoms with E-state index in [1.54, 1.807) is 11.1 Å². The van der Waals surface area contributed by atoms with Crippen molar-refractivity contribution >= 4 is 22.7 Å². The van der Waals surface area contributed by atoms with Gasteiger partial charge in [-0.15, -0.1) is 0 Å². The zero-order chi connectivity index (χ0) is 41.8. The van der Waals surface area contributed by atoms with Crippen LogP contribution in [0.2, 0.25) is 0 Å². The molecule has 12 unspecified atom stereocenters. The smallest absolute Gasteiger partial charge is 0.158 e. The molecule has 13 rings (SSSR count). The van der Waals surface area contributed by atoms with Crippen LogP contribution >= 0.6 is 0 Å². The van der Waals surface area contributed by atoms with E-state index in [2.05, 4.69) is 195 Å². The lowest BCUT2D eigenvalue weighted by Crippen LogP contribution is -2.42. The van der Waals surface area contributed by atoms with Gasteiger partial charge in [-0.3, -0.25) is 0 Å². The van der Waals surface area contributed by atoms with Gasteiger partial charge in [0.2, 0.25) is 0 Å². The number of nitrogens with zero attached hydrogens (tertiary/aromatic N) is 1. The Morgan fingerprint density at radius 2 is 1.60 bits per heavy atom. The van der Waals surface area contributed by atoms with Gasteiger partial charge in [-0.2, -0.15) is 0 Å². The van der Waals surface area contributed by atoms with E-state index in [4.69, 9.17) is 4.42 Å². The van der Waals surface area contributed by atoms with E-state index in [0.717, 1.165) is 43.4 Å². The molecule has 1 fully saturated rings. The molecule has 0 saturated heterocycles. The average molecular weight is 822 g/mol. The minimum atomic E-state index is 0.0706. The molecular formula is C61H59NO. The first-order chi connectivity index (χ1) is 31.1. The van der Waals surface area contributed by atoms with Crippen LogP contribution in [0.25, 0.3) is 17.0 Å². The molecule has 10 aliphatic carbocycles. The van der Waals surface area contributed by atoms with Crippen molar-refractivity contribution in [2.75, 3.05) is 4.90 Å².